The van der Waals surface area contributed by atoms with Gasteiger partial charge in [0.2, 0.25) is 11.8 Å². The van der Waals surface area contributed by atoms with Crippen molar-refractivity contribution in [3.63, 3.8) is 0 Å². The second-order valence-electron chi connectivity index (χ2n) is 5.44. The van der Waals surface area contributed by atoms with Gasteiger partial charge in [-0.25, -0.2) is 4.98 Å². The highest BCUT2D eigenvalue weighted by atomic mass is 35.5. The predicted molar refractivity (Wildman–Crippen MR) is 104 cm³/mol. The Kier molecular flexibility index (Phi) is 5.34. The number of nitrogens with one attached hydrogen (secondary N) is 2. The Morgan fingerprint density at radius 2 is 1.70 bits per heavy atom. The largest absolute Gasteiger partial charge is 0.419 e. The van der Waals surface area contributed by atoms with Gasteiger partial charge in [-0.15, -0.1) is 0 Å². The Hall–Kier alpha value is -3.03. The van der Waals surface area contributed by atoms with Crippen LogP contribution in [-0.2, 0) is 0 Å². The minimum atomic E-state index is -0.780. The van der Waals surface area contributed by atoms with E-state index < -0.39 is 5.91 Å². The van der Waals surface area contributed by atoms with Crippen LogP contribution < -0.4 is 16.4 Å². The summed E-state index contributed by atoms with van der Waals surface area (Å²) in [5, 5.41) is 6.09. The van der Waals surface area contributed by atoms with E-state index in [1.807, 2.05) is 0 Å². The molecule has 0 aliphatic heterocycles. The molecule has 0 atom stereocenters. The minimum Gasteiger partial charge on any atom is -0.419 e. The summed E-state index contributed by atoms with van der Waals surface area (Å²) in [6, 6.07) is 11.5. The molecule has 0 saturated heterocycles. The van der Waals surface area contributed by atoms with Crippen LogP contribution in [0, 0.1) is 0 Å². The van der Waals surface area contributed by atoms with E-state index in [1.54, 1.807) is 49.5 Å². The molecule has 9 heteroatoms. The Balaban J connectivity index is 1.97. The summed E-state index contributed by atoms with van der Waals surface area (Å²) in [7, 11) is 1.55. The van der Waals surface area contributed by atoms with Crippen LogP contribution in [-0.4, -0.2) is 23.8 Å². The van der Waals surface area contributed by atoms with Crippen LogP contribution >= 0.6 is 23.2 Å². The van der Waals surface area contributed by atoms with Crippen LogP contribution in [0.3, 0.4) is 0 Å². The third kappa shape index (κ3) is 3.89. The number of oxazole rings is 1. The molecule has 0 fully saturated rings. The Labute approximate surface area is 164 Å². The molecule has 3 aromatic rings. The number of rotatable bonds is 5. The van der Waals surface area contributed by atoms with Crippen molar-refractivity contribution in [2.24, 2.45) is 5.73 Å². The molecular weight excluding hydrogens is 391 g/mol. The lowest BCUT2D eigenvalue weighted by Gasteiger charge is -2.05. The number of carbonyl (C=O) groups is 2. The summed E-state index contributed by atoms with van der Waals surface area (Å²) in [6.45, 7) is 0. The average molecular weight is 405 g/mol. The number of halogens is 2. The van der Waals surface area contributed by atoms with Crippen molar-refractivity contribution in [2.45, 2.75) is 0 Å². The van der Waals surface area contributed by atoms with Crippen molar-refractivity contribution in [1.29, 1.82) is 0 Å². The number of nitrogens with two attached hydrogens (primary N) is 1. The van der Waals surface area contributed by atoms with Crippen molar-refractivity contribution in [1.82, 2.24) is 10.3 Å². The van der Waals surface area contributed by atoms with Gasteiger partial charge in [0.25, 0.3) is 11.8 Å². The van der Waals surface area contributed by atoms with E-state index >= 15 is 0 Å². The summed E-state index contributed by atoms with van der Waals surface area (Å²) in [4.78, 5) is 27.5. The Morgan fingerprint density at radius 3 is 2.26 bits per heavy atom. The van der Waals surface area contributed by atoms with Crippen molar-refractivity contribution in [3.05, 3.63) is 63.8 Å². The fourth-order valence-electron chi connectivity index (χ4n) is 2.36. The van der Waals surface area contributed by atoms with E-state index in [1.165, 1.54) is 0 Å². The van der Waals surface area contributed by atoms with E-state index in [0.717, 1.165) is 0 Å². The van der Waals surface area contributed by atoms with Gasteiger partial charge in [-0.3, -0.25) is 9.59 Å². The average Bonchev–Trinajstić information content (AvgIpc) is 3.05. The molecule has 4 N–H and O–H groups in total. The van der Waals surface area contributed by atoms with Gasteiger partial charge in [0.1, 0.15) is 0 Å². The first-order valence-electron chi connectivity index (χ1n) is 7.75. The molecule has 0 bridgehead atoms. The number of amides is 2. The number of nitrogens with zero attached hydrogens (tertiary/aromatic N) is 1. The van der Waals surface area contributed by atoms with Crippen LogP contribution in [0.5, 0.6) is 0 Å². The Bertz CT molecular complexity index is 996. The summed E-state index contributed by atoms with van der Waals surface area (Å²) in [5.74, 6) is -0.891. The molecule has 2 amide bonds. The highest BCUT2D eigenvalue weighted by molar-refractivity contribution is 6.38. The molecule has 1 aromatic heterocycles. The molecule has 0 saturated carbocycles. The molecule has 1 heterocycles. The number of anilines is 2. The van der Waals surface area contributed by atoms with Gasteiger partial charge in [0.05, 0.1) is 15.6 Å². The van der Waals surface area contributed by atoms with E-state index in [4.69, 9.17) is 33.4 Å². The molecule has 0 spiro atoms. The summed E-state index contributed by atoms with van der Waals surface area (Å²) in [5.41, 5.74) is 6.70. The van der Waals surface area contributed by atoms with Gasteiger partial charge in [0, 0.05) is 18.3 Å². The predicted octanol–water partition coefficient (Wildman–Crippen LogP) is 3.85. The van der Waals surface area contributed by atoms with E-state index in [-0.39, 0.29) is 23.4 Å². The van der Waals surface area contributed by atoms with Gasteiger partial charge in [-0.1, -0.05) is 29.3 Å². The van der Waals surface area contributed by atoms with Crippen molar-refractivity contribution in [3.8, 4) is 11.5 Å². The van der Waals surface area contributed by atoms with Gasteiger partial charge >= 0.3 is 0 Å². The fraction of sp³-hybridized carbons (Fsp3) is 0.0556. The number of primary amides is 1. The molecule has 0 radical (unpaired) electrons. The van der Waals surface area contributed by atoms with Crippen LogP contribution in [0.15, 0.2) is 46.9 Å². The standard InChI is InChI=1S/C18H14Cl2N4O3/c1-22-16(26)9-5-7-10(8-6-9)23-18-14(15(21)25)24-17(27-18)13-11(19)3-2-4-12(13)20/h2-8,23H,1H3,(H2,21,25)(H,22,26). The van der Waals surface area contributed by atoms with Crippen molar-refractivity contribution >= 4 is 46.6 Å². The minimum absolute atomic E-state index is 0.0428. The number of aromatic nitrogens is 1. The van der Waals surface area contributed by atoms with Gasteiger partial charge < -0.3 is 20.8 Å². The lowest BCUT2D eigenvalue weighted by Crippen LogP contribution is -2.17. The first-order chi connectivity index (χ1) is 12.9. The smallest absolute Gasteiger partial charge is 0.273 e. The zero-order valence-corrected chi connectivity index (χ0v) is 15.6. The number of carbonyl (C=O) groups excluding carboxylic acids is 2. The number of benzene rings is 2. The van der Waals surface area contributed by atoms with Gasteiger partial charge in [0.15, 0.2) is 5.69 Å². The molecule has 7 nitrogen and oxygen atoms in total. The van der Waals surface area contributed by atoms with Crippen molar-refractivity contribution < 1.29 is 14.0 Å². The monoisotopic (exact) mass is 404 g/mol. The van der Waals surface area contributed by atoms with Crippen LogP contribution in [0.1, 0.15) is 20.8 Å². The lowest BCUT2D eigenvalue weighted by atomic mass is 10.2. The molecule has 2 aromatic carbocycles. The third-order valence-electron chi connectivity index (χ3n) is 3.67. The van der Waals surface area contributed by atoms with Crippen LogP contribution in [0.2, 0.25) is 10.0 Å². The van der Waals surface area contributed by atoms with E-state index in [2.05, 4.69) is 15.6 Å². The van der Waals surface area contributed by atoms with Crippen LogP contribution in [0.25, 0.3) is 11.5 Å². The summed E-state index contributed by atoms with van der Waals surface area (Å²) >= 11 is 12.3. The maximum Gasteiger partial charge on any atom is 0.273 e. The number of hydrogen-bond donors (Lipinski definition) is 3. The molecule has 27 heavy (non-hydrogen) atoms. The second kappa shape index (κ2) is 7.69. The number of hydrogen-bond acceptors (Lipinski definition) is 5. The third-order valence-corrected chi connectivity index (χ3v) is 4.30. The molecular formula is C18H14Cl2N4O3. The molecule has 0 aliphatic carbocycles. The first-order valence-corrected chi connectivity index (χ1v) is 8.50. The normalized spacial score (nSPS) is 10.5. The Morgan fingerprint density at radius 1 is 1.07 bits per heavy atom. The highest BCUT2D eigenvalue weighted by Gasteiger charge is 2.22. The van der Waals surface area contributed by atoms with Gasteiger partial charge in [-0.2, -0.15) is 0 Å². The second-order valence-corrected chi connectivity index (χ2v) is 6.25. The topological polar surface area (TPSA) is 110 Å². The molecule has 3 rings (SSSR count). The zero-order chi connectivity index (χ0) is 19.6. The van der Waals surface area contributed by atoms with E-state index in [9.17, 15) is 9.59 Å². The van der Waals surface area contributed by atoms with Gasteiger partial charge in [-0.05, 0) is 36.4 Å². The maximum absolute atomic E-state index is 11.7. The summed E-state index contributed by atoms with van der Waals surface area (Å²) < 4.78 is 5.66. The fourth-order valence-corrected chi connectivity index (χ4v) is 2.92. The first kappa shape index (κ1) is 18.8. The zero-order valence-electron chi connectivity index (χ0n) is 14.0. The lowest BCUT2D eigenvalue weighted by molar-refractivity contribution is 0.0961. The van der Waals surface area contributed by atoms with Crippen molar-refractivity contribution in [2.75, 3.05) is 12.4 Å². The SMILES string of the molecule is CNC(=O)c1ccc(Nc2oc(-c3c(Cl)cccc3Cl)nc2C(N)=O)cc1. The maximum atomic E-state index is 11.7. The molecule has 0 aliphatic rings. The quantitative estimate of drug-likeness (QED) is 0.597. The molecule has 0 unspecified atom stereocenters. The summed E-state index contributed by atoms with van der Waals surface area (Å²) in [6.07, 6.45) is 0. The molecule has 138 valence electrons. The highest BCUT2D eigenvalue weighted by Crippen LogP contribution is 2.36. The van der Waals surface area contributed by atoms with Crippen LogP contribution in [0.4, 0.5) is 11.6 Å². The van der Waals surface area contributed by atoms with E-state index in [0.29, 0.717) is 26.9 Å².